The maximum Gasteiger partial charge on any atom is 0.269 e. The fourth-order valence-corrected chi connectivity index (χ4v) is 3.51. The van der Waals surface area contributed by atoms with Crippen LogP contribution in [0.15, 0.2) is 54.6 Å². The molecule has 0 bridgehead atoms. The van der Waals surface area contributed by atoms with Crippen molar-refractivity contribution in [3.05, 3.63) is 70.3 Å². The molecule has 1 fully saturated rings. The number of piperidine rings is 1. The van der Waals surface area contributed by atoms with Crippen LogP contribution in [0.1, 0.15) is 24.8 Å². The van der Waals surface area contributed by atoms with E-state index in [1.165, 1.54) is 24.3 Å². The molecule has 3 rings (SSSR count). The molecule has 2 amide bonds. The van der Waals surface area contributed by atoms with Gasteiger partial charge < -0.3 is 10.6 Å². The second kappa shape index (κ2) is 10.5. The Morgan fingerprint density at radius 3 is 2.30 bits per heavy atom. The quantitative estimate of drug-likeness (QED) is 0.514. The van der Waals surface area contributed by atoms with E-state index in [9.17, 15) is 19.7 Å². The van der Waals surface area contributed by atoms with Gasteiger partial charge in [-0.05, 0) is 37.0 Å². The van der Waals surface area contributed by atoms with Gasteiger partial charge in [-0.1, -0.05) is 30.3 Å². The van der Waals surface area contributed by atoms with Crippen molar-refractivity contribution in [3.8, 4) is 0 Å². The summed E-state index contributed by atoms with van der Waals surface area (Å²) < 4.78 is 0. The lowest BCUT2D eigenvalue weighted by molar-refractivity contribution is -0.384. The lowest BCUT2D eigenvalue weighted by Crippen LogP contribution is -2.46. The standard InChI is InChI=1S/C22H26N4O4/c27-21(11-6-17-4-2-1-3-5-17)23-19-12-14-25(15-13-19)16-22(28)24-18-7-9-20(10-8-18)26(29)30/h1-5,7-10,19H,6,11-16H2,(H,23,27)(H,24,28). The number of benzene rings is 2. The number of anilines is 1. The molecule has 1 saturated heterocycles. The topological polar surface area (TPSA) is 105 Å². The van der Waals surface area contributed by atoms with Gasteiger partial charge in [-0.15, -0.1) is 0 Å². The first kappa shape index (κ1) is 21.4. The summed E-state index contributed by atoms with van der Waals surface area (Å²) in [4.78, 5) is 36.7. The monoisotopic (exact) mass is 410 g/mol. The minimum atomic E-state index is -0.476. The summed E-state index contributed by atoms with van der Waals surface area (Å²) in [5.74, 6) is -0.0950. The number of carbonyl (C=O) groups excluding carboxylic acids is 2. The normalized spacial score (nSPS) is 14.8. The number of nitrogens with zero attached hydrogens (tertiary/aromatic N) is 2. The highest BCUT2D eigenvalue weighted by atomic mass is 16.6. The van der Waals surface area contributed by atoms with E-state index < -0.39 is 4.92 Å². The molecule has 2 aromatic carbocycles. The third-order valence-corrected chi connectivity index (χ3v) is 5.17. The van der Waals surface area contributed by atoms with Crippen LogP contribution in [-0.4, -0.2) is 47.3 Å². The molecule has 0 unspecified atom stereocenters. The third kappa shape index (κ3) is 6.66. The maximum absolute atomic E-state index is 12.2. The van der Waals surface area contributed by atoms with Gasteiger partial charge in [0, 0.05) is 43.4 Å². The highest BCUT2D eigenvalue weighted by Crippen LogP contribution is 2.16. The van der Waals surface area contributed by atoms with Gasteiger partial charge in [0.15, 0.2) is 0 Å². The Kier molecular flexibility index (Phi) is 7.51. The van der Waals surface area contributed by atoms with E-state index in [0.29, 0.717) is 12.1 Å². The van der Waals surface area contributed by atoms with Crippen LogP contribution in [-0.2, 0) is 16.0 Å². The molecule has 30 heavy (non-hydrogen) atoms. The highest BCUT2D eigenvalue weighted by Gasteiger charge is 2.22. The molecule has 0 saturated carbocycles. The summed E-state index contributed by atoms with van der Waals surface area (Å²) >= 11 is 0. The lowest BCUT2D eigenvalue weighted by atomic mass is 10.0. The average Bonchev–Trinajstić information content (AvgIpc) is 2.75. The Bertz CT molecular complexity index is 862. The number of carbonyl (C=O) groups is 2. The molecule has 1 aliphatic heterocycles. The molecule has 2 N–H and O–H groups in total. The molecule has 0 atom stereocenters. The largest absolute Gasteiger partial charge is 0.353 e. The predicted octanol–water partition coefficient (Wildman–Crippen LogP) is 2.75. The van der Waals surface area contributed by atoms with Crippen LogP contribution < -0.4 is 10.6 Å². The number of likely N-dealkylation sites (tertiary alicyclic amines) is 1. The molecular weight excluding hydrogens is 384 g/mol. The number of hydrogen-bond acceptors (Lipinski definition) is 5. The first-order chi connectivity index (χ1) is 14.5. The van der Waals surface area contributed by atoms with Crippen LogP contribution in [0.5, 0.6) is 0 Å². The van der Waals surface area contributed by atoms with Gasteiger partial charge in [0.05, 0.1) is 11.5 Å². The minimum Gasteiger partial charge on any atom is -0.353 e. The van der Waals surface area contributed by atoms with Gasteiger partial charge >= 0.3 is 0 Å². The van der Waals surface area contributed by atoms with Crippen molar-refractivity contribution in [2.24, 2.45) is 0 Å². The Morgan fingerprint density at radius 2 is 1.67 bits per heavy atom. The Hall–Kier alpha value is -3.26. The van der Waals surface area contributed by atoms with Gasteiger partial charge in [-0.2, -0.15) is 0 Å². The summed E-state index contributed by atoms with van der Waals surface area (Å²) in [6.07, 6.45) is 2.82. The molecule has 0 aromatic heterocycles. The summed E-state index contributed by atoms with van der Waals surface area (Å²) in [6.45, 7) is 1.72. The first-order valence-electron chi connectivity index (χ1n) is 10.1. The van der Waals surface area contributed by atoms with Crippen molar-refractivity contribution >= 4 is 23.2 Å². The summed E-state index contributed by atoms with van der Waals surface area (Å²) in [5, 5.41) is 16.5. The number of nitro benzene ring substituents is 1. The van der Waals surface area contributed by atoms with Gasteiger partial charge in [0.25, 0.3) is 5.69 Å². The number of non-ortho nitro benzene ring substituents is 1. The number of hydrogen-bond donors (Lipinski definition) is 2. The molecular formula is C22H26N4O4. The van der Waals surface area contributed by atoms with Gasteiger partial charge in [-0.3, -0.25) is 24.6 Å². The van der Waals surface area contributed by atoms with E-state index >= 15 is 0 Å². The number of aryl methyl sites for hydroxylation is 1. The number of amides is 2. The third-order valence-electron chi connectivity index (χ3n) is 5.17. The van der Waals surface area contributed by atoms with Crippen molar-refractivity contribution in [1.29, 1.82) is 0 Å². The van der Waals surface area contributed by atoms with Crippen LogP contribution >= 0.6 is 0 Å². The van der Waals surface area contributed by atoms with Gasteiger partial charge in [-0.25, -0.2) is 0 Å². The predicted molar refractivity (Wildman–Crippen MR) is 114 cm³/mol. The second-order valence-corrected chi connectivity index (χ2v) is 7.46. The molecule has 8 heteroatoms. The maximum atomic E-state index is 12.2. The Labute approximate surface area is 175 Å². The smallest absolute Gasteiger partial charge is 0.269 e. The van der Waals surface area contributed by atoms with E-state index in [-0.39, 0.29) is 30.1 Å². The van der Waals surface area contributed by atoms with Crippen molar-refractivity contribution < 1.29 is 14.5 Å². The van der Waals surface area contributed by atoms with Crippen LogP contribution in [0.4, 0.5) is 11.4 Å². The molecule has 0 aliphatic carbocycles. The zero-order chi connectivity index (χ0) is 21.3. The summed E-state index contributed by atoms with van der Waals surface area (Å²) in [6, 6.07) is 15.9. The Morgan fingerprint density at radius 1 is 1.00 bits per heavy atom. The molecule has 1 aliphatic rings. The van der Waals surface area contributed by atoms with Crippen LogP contribution in [0, 0.1) is 10.1 Å². The Balaban J connectivity index is 1.35. The molecule has 8 nitrogen and oxygen atoms in total. The number of nitro groups is 1. The van der Waals surface area contributed by atoms with E-state index in [4.69, 9.17) is 0 Å². The van der Waals surface area contributed by atoms with E-state index in [2.05, 4.69) is 10.6 Å². The SMILES string of the molecule is O=C(CN1CCC(NC(=O)CCc2ccccc2)CC1)Nc1ccc([N+](=O)[O-])cc1. The molecule has 0 spiro atoms. The number of nitrogens with one attached hydrogen (secondary N) is 2. The summed E-state index contributed by atoms with van der Waals surface area (Å²) in [7, 11) is 0. The average molecular weight is 410 g/mol. The second-order valence-electron chi connectivity index (χ2n) is 7.46. The zero-order valence-electron chi connectivity index (χ0n) is 16.8. The van der Waals surface area contributed by atoms with Crippen molar-refractivity contribution in [1.82, 2.24) is 10.2 Å². The van der Waals surface area contributed by atoms with Gasteiger partial charge in [0.2, 0.25) is 11.8 Å². The molecule has 1 heterocycles. The van der Waals surface area contributed by atoms with Crippen molar-refractivity contribution in [2.75, 3.05) is 25.0 Å². The molecule has 0 radical (unpaired) electrons. The first-order valence-corrected chi connectivity index (χ1v) is 10.1. The number of rotatable bonds is 8. The van der Waals surface area contributed by atoms with Crippen LogP contribution in [0.2, 0.25) is 0 Å². The lowest BCUT2D eigenvalue weighted by Gasteiger charge is -2.31. The van der Waals surface area contributed by atoms with Crippen LogP contribution in [0.25, 0.3) is 0 Å². The molecule has 2 aromatic rings. The fourth-order valence-electron chi connectivity index (χ4n) is 3.51. The van der Waals surface area contributed by atoms with Crippen molar-refractivity contribution in [3.63, 3.8) is 0 Å². The zero-order valence-corrected chi connectivity index (χ0v) is 16.8. The van der Waals surface area contributed by atoms with Crippen molar-refractivity contribution in [2.45, 2.75) is 31.7 Å². The highest BCUT2D eigenvalue weighted by molar-refractivity contribution is 5.92. The van der Waals surface area contributed by atoms with Gasteiger partial charge in [0.1, 0.15) is 0 Å². The van der Waals surface area contributed by atoms with Crippen LogP contribution in [0.3, 0.4) is 0 Å². The minimum absolute atomic E-state index is 0.0131. The summed E-state index contributed by atoms with van der Waals surface area (Å²) in [5.41, 5.74) is 1.67. The fraction of sp³-hybridized carbons (Fsp3) is 0.364. The van der Waals surface area contributed by atoms with E-state index in [1.807, 2.05) is 35.2 Å². The van der Waals surface area contributed by atoms with E-state index in [1.54, 1.807) is 0 Å². The molecule has 158 valence electrons. The van der Waals surface area contributed by atoms with E-state index in [0.717, 1.165) is 37.9 Å².